The summed E-state index contributed by atoms with van der Waals surface area (Å²) in [6.07, 6.45) is -4.39. The number of nitrogens with zero attached hydrogens (tertiary/aromatic N) is 1. The molecule has 134 valence electrons. The van der Waals surface area contributed by atoms with E-state index in [0.29, 0.717) is 11.1 Å². The van der Waals surface area contributed by atoms with Gasteiger partial charge in [0.15, 0.2) is 0 Å². The normalized spacial score (nSPS) is 12.9. The Balaban J connectivity index is 2.05. The maximum absolute atomic E-state index is 13.0. The zero-order chi connectivity index (χ0) is 18.6. The van der Waals surface area contributed by atoms with Gasteiger partial charge in [0.1, 0.15) is 11.9 Å². The molecule has 0 spiro atoms. The molecule has 2 aromatic carbocycles. The van der Waals surface area contributed by atoms with E-state index in [1.165, 1.54) is 36.4 Å². The molecule has 0 bridgehead atoms. The van der Waals surface area contributed by atoms with Crippen molar-refractivity contribution in [2.75, 3.05) is 14.1 Å². The van der Waals surface area contributed by atoms with Gasteiger partial charge in [-0.3, -0.25) is 9.69 Å². The average Bonchev–Trinajstić information content (AvgIpc) is 2.54. The second-order valence-corrected chi connectivity index (χ2v) is 5.83. The summed E-state index contributed by atoms with van der Waals surface area (Å²) in [6, 6.07) is 9.57. The second kappa shape index (κ2) is 7.65. The average molecular weight is 354 g/mol. The van der Waals surface area contributed by atoms with Crippen molar-refractivity contribution in [1.29, 1.82) is 0 Å². The Bertz CT molecular complexity index is 709. The third-order valence-corrected chi connectivity index (χ3v) is 3.70. The molecule has 25 heavy (non-hydrogen) atoms. The van der Waals surface area contributed by atoms with Crippen LogP contribution in [0.15, 0.2) is 48.5 Å². The van der Waals surface area contributed by atoms with Crippen molar-refractivity contribution >= 4 is 5.91 Å². The predicted molar refractivity (Wildman–Crippen MR) is 86.1 cm³/mol. The molecule has 0 aliphatic carbocycles. The molecule has 3 nitrogen and oxygen atoms in total. The van der Waals surface area contributed by atoms with E-state index >= 15 is 0 Å². The summed E-state index contributed by atoms with van der Waals surface area (Å²) < 4.78 is 50.7. The van der Waals surface area contributed by atoms with Gasteiger partial charge in [-0.05, 0) is 49.5 Å². The second-order valence-electron chi connectivity index (χ2n) is 5.83. The van der Waals surface area contributed by atoms with Crippen molar-refractivity contribution < 1.29 is 22.4 Å². The lowest BCUT2D eigenvalue weighted by Gasteiger charge is -2.24. The molecule has 0 aromatic heterocycles. The minimum Gasteiger partial charge on any atom is -0.350 e. The molecule has 1 N–H and O–H groups in total. The molecule has 1 amide bonds. The molecular weight excluding hydrogens is 336 g/mol. The number of rotatable bonds is 5. The number of nitrogens with one attached hydrogen (secondary N) is 1. The molecule has 0 radical (unpaired) electrons. The SMILES string of the molecule is CN(C)C(C(=O)NCc1ccc(C(F)(F)F)cc1)c1ccc(F)cc1. The van der Waals surface area contributed by atoms with Crippen molar-refractivity contribution in [3.63, 3.8) is 0 Å². The van der Waals surface area contributed by atoms with Crippen molar-refractivity contribution in [1.82, 2.24) is 10.2 Å². The Labute approximate surface area is 143 Å². The number of benzene rings is 2. The van der Waals surface area contributed by atoms with Gasteiger partial charge < -0.3 is 5.32 Å². The third-order valence-electron chi connectivity index (χ3n) is 3.70. The van der Waals surface area contributed by atoms with E-state index in [2.05, 4.69) is 5.32 Å². The summed E-state index contributed by atoms with van der Waals surface area (Å²) in [4.78, 5) is 14.1. The molecule has 0 fully saturated rings. The first-order valence-electron chi connectivity index (χ1n) is 7.54. The van der Waals surface area contributed by atoms with E-state index < -0.39 is 23.6 Å². The molecule has 2 aromatic rings. The molecule has 0 heterocycles. The highest BCUT2D eigenvalue weighted by atomic mass is 19.4. The fraction of sp³-hybridized carbons (Fsp3) is 0.278. The topological polar surface area (TPSA) is 32.3 Å². The van der Waals surface area contributed by atoms with Crippen molar-refractivity contribution in [2.24, 2.45) is 0 Å². The number of hydrogen-bond donors (Lipinski definition) is 1. The number of alkyl halides is 3. The maximum Gasteiger partial charge on any atom is 0.416 e. The van der Waals surface area contributed by atoms with Crippen molar-refractivity contribution in [3.8, 4) is 0 Å². The van der Waals surface area contributed by atoms with E-state index in [-0.39, 0.29) is 12.5 Å². The van der Waals surface area contributed by atoms with Gasteiger partial charge in [0, 0.05) is 6.54 Å². The standard InChI is InChI=1S/C18H18F4N2O/c1-24(2)16(13-5-9-15(19)10-6-13)17(25)23-11-12-3-7-14(8-4-12)18(20,21)22/h3-10,16H,11H2,1-2H3,(H,23,25). The van der Waals surface area contributed by atoms with Gasteiger partial charge in [-0.25, -0.2) is 4.39 Å². The van der Waals surface area contributed by atoms with E-state index in [0.717, 1.165) is 12.1 Å². The minimum absolute atomic E-state index is 0.0997. The predicted octanol–water partition coefficient (Wildman–Crippen LogP) is 3.76. The Morgan fingerprint density at radius 3 is 2.08 bits per heavy atom. The van der Waals surface area contributed by atoms with Gasteiger partial charge in [0.2, 0.25) is 5.91 Å². The Hall–Kier alpha value is -2.41. The summed E-state index contributed by atoms with van der Waals surface area (Å²) >= 11 is 0. The zero-order valence-corrected chi connectivity index (χ0v) is 13.8. The molecular formula is C18H18F4N2O. The van der Waals surface area contributed by atoms with Crippen LogP contribution in [0, 0.1) is 5.82 Å². The first kappa shape index (κ1) is 18.9. The van der Waals surface area contributed by atoms with Crippen LogP contribution in [0.3, 0.4) is 0 Å². The van der Waals surface area contributed by atoms with Gasteiger partial charge in [0.05, 0.1) is 5.56 Å². The highest BCUT2D eigenvalue weighted by Gasteiger charge is 2.30. The van der Waals surface area contributed by atoms with Gasteiger partial charge in [-0.1, -0.05) is 24.3 Å². The monoisotopic (exact) mass is 354 g/mol. The van der Waals surface area contributed by atoms with Crippen LogP contribution in [0.5, 0.6) is 0 Å². The molecule has 0 saturated carbocycles. The number of carbonyl (C=O) groups is 1. The molecule has 0 saturated heterocycles. The fourth-order valence-corrected chi connectivity index (χ4v) is 2.43. The highest BCUT2D eigenvalue weighted by Crippen LogP contribution is 2.29. The lowest BCUT2D eigenvalue weighted by atomic mass is 10.0. The number of hydrogen-bond acceptors (Lipinski definition) is 2. The van der Waals surface area contributed by atoms with E-state index in [4.69, 9.17) is 0 Å². The number of halogens is 4. The third kappa shape index (κ3) is 5.03. The van der Waals surface area contributed by atoms with E-state index in [9.17, 15) is 22.4 Å². The van der Waals surface area contributed by atoms with Crippen LogP contribution in [0.2, 0.25) is 0 Å². The largest absolute Gasteiger partial charge is 0.416 e. The Morgan fingerprint density at radius 1 is 1.04 bits per heavy atom. The zero-order valence-electron chi connectivity index (χ0n) is 13.8. The number of carbonyl (C=O) groups excluding carboxylic acids is 1. The van der Waals surface area contributed by atoms with Gasteiger partial charge in [-0.15, -0.1) is 0 Å². The molecule has 2 rings (SSSR count). The maximum atomic E-state index is 13.0. The molecule has 1 atom stereocenters. The smallest absolute Gasteiger partial charge is 0.350 e. The summed E-state index contributed by atoms with van der Waals surface area (Å²) in [5, 5.41) is 2.70. The molecule has 7 heteroatoms. The van der Waals surface area contributed by atoms with Crippen molar-refractivity contribution in [3.05, 3.63) is 71.0 Å². The Morgan fingerprint density at radius 2 is 1.60 bits per heavy atom. The van der Waals surface area contributed by atoms with E-state index in [1.807, 2.05) is 0 Å². The molecule has 0 aliphatic rings. The van der Waals surface area contributed by atoms with Crippen LogP contribution in [0.4, 0.5) is 17.6 Å². The van der Waals surface area contributed by atoms with Gasteiger partial charge >= 0.3 is 6.18 Å². The van der Waals surface area contributed by atoms with Crippen LogP contribution in [0.25, 0.3) is 0 Å². The van der Waals surface area contributed by atoms with Crippen LogP contribution in [0.1, 0.15) is 22.7 Å². The lowest BCUT2D eigenvalue weighted by molar-refractivity contribution is -0.137. The summed E-state index contributed by atoms with van der Waals surface area (Å²) in [5.74, 6) is -0.720. The summed E-state index contributed by atoms with van der Waals surface area (Å²) in [6.45, 7) is 0.0997. The molecule has 0 aliphatic heterocycles. The fourth-order valence-electron chi connectivity index (χ4n) is 2.43. The van der Waals surface area contributed by atoms with Crippen LogP contribution < -0.4 is 5.32 Å². The van der Waals surface area contributed by atoms with Crippen LogP contribution in [-0.4, -0.2) is 24.9 Å². The first-order valence-corrected chi connectivity index (χ1v) is 7.54. The van der Waals surface area contributed by atoms with Gasteiger partial charge in [0.25, 0.3) is 0 Å². The summed E-state index contributed by atoms with van der Waals surface area (Å²) in [7, 11) is 3.43. The quantitative estimate of drug-likeness (QED) is 0.829. The number of likely N-dealkylation sites (N-methyl/N-ethyl adjacent to an activating group) is 1. The minimum atomic E-state index is -4.39. The number of amides is 1. The van der Waals surface area contributed by atoms with Gasteiger partial charge in [-0.2, -0.15) is 13.2 Å². The lowest BCUT2D eigenvalue weighted by Crippen LogP contribution is -2.36. The van der Waals surface area contributed by atoms with E-state index in [1.54, 1.807) is 19.0 Å². The first-order chi connectivity index (χ1) is 11.7. The van der Waals surface area contributed by atoms with Crippen LogP contribution >= 0.6 is 0 Å². The Kier molecular flexibility index (Phi) is 5.79. The highest BCUT2D eigenvalue weighted by molar-refractivity contribution is 5.83. The molecule has 1 unspecified atom stereocenters. The van der Waals surface area contributed by atoms with Crippen molar-refractivity contribution in [2.45, 2.75) is 18.8 Å². The summed E-state index contributed by atoms with van der Waals surface area (Å²) in [5.41, 5.74) is 0.439. The van der Waals surface area contributed by atoms with Crippen LogP contribution in [-0.2, 0) is 17.5 Å².